The van der Waals surface area contributed by atoms with Crippen molar-refractivity contribution >= 4 is 5.91 Å². The standard InChI is InChI=1S/C22H37NO6/c1-12(7-6-8-16(11-24)21(23)27)18(25)14(3)19(26)15(4)20-13(2)17-9-10-22(5,28-17)29-20/h6-8,12-15,17-20,24-26H,9-11H2,1-5H3,(H2,23,27). The molecule has 0 aromatic carbocycles. The first-order valence-electron chi connectivity index (χ1n) is 10.5. The number of ether oxygens (including phenoxy) is 2. The Morgan fingerprint density at radius 1 is 1.24 bits per heavy atom. The molecule has 0 aromatic rings. The van der Waals surface area contributed by atoms with Gasteiger partial charge in [-0.25, -0.2) is 0 Å². The van der Waals surface area contributed by atoms with E-state index in [0.717, 1.165) is 12.8 Å². The van der Waals surface area contributed by atoms with Gasteiger partial charge in [0.05, 0.1) is 31.0 Å². The van der Waals surface area contributed by atoms with Crippen molar-refractivity contribution in [3.05, 3.63) is 23.8 Å². The number of carbonyl (C=O) groups is 1. The third-order valence-corrected chi connectivity index (χ3v) is 6.65. The molecule has 2 bridgehead atoms. The fourth-order valence-electron chi connectivity index (χ4n) is 4.52. The van der Waals surface area contributed by atoms with Crippen LogP contribution in [0.1, 0.15) is 47.5 Å². The summed E-state index contributed by atoms with van der Waals surface area (Å²) < 4.78 is 12.2. The van der Waals surface area contributed by atoms with E-state index in [0.29, 0.717) is 0 Å². The largest absolute Gasteiger partial charge is 0.392 e. The van der Waals surface area contributed by atoms with Crippen molar-refractivity contribution in [3.8, 4) is 0 Å². The van der Waals surface area contributed by atoms with Gasteiger partial charge in [0.15, 0.2) is 5.79 Å². The van der Waals surface area contributed by atoms with Gasteiger partial charge in [0.25, 0.3) is 0 Å². The van der Waals surface area contributed by atoms with Crippen LogP contribution in [0.15, 0.2) is 23.8 Å². The highest BCUT2D eigenvalue weighted by atomic mass is 16.7. The minimum Gasteiger partial charge on any atom is -0.392 e. The topological polar surface area (TPSA) is 122 Å². The van der Waals surface area contributed by atoms with Gasteiger partial charge < -0.3 is 30.5 Å². The van der Waals surface area contributed by atoms with Gasteiger partial charge in [-0.1, -0.05) is 45.9 Å². The average molecular weight is 412 g/mol. The maximum Gasteiger partial charge on any atom is 0.246 e. The van der Waals surface area contributed by atoms with Crippen LogP contribution in [0, 0.1) is 23.7 Å². The quantitative estimate of drug-likeness (QED) is 0.337. The van der Waals surface area contributed by atoms with Gasteiger partial charge in [-0.15, -0.1) is 0 Å². The summed E-state index contributed by atoms with van der Waals surface area (Å²) in [6.45, 7) is 9.24. The highest BCUT2D eigenvalue weighted by molar-refractivity contribution is 5.92. The lowest BCUT2D eigenvalue weighted by Crippen LogP contribution is -2.52. The normalized spacial score (nSPS) is 35.3. The predicted molar refractivity (Wildman–Crippen MR) is 110 cm³/mol. The Labute approximate surface area is 173 Å². The van der Waals surface area contributed by atoms with Crippen LogP contribution < -0.4 is 5.73 Å². The van der Waals surface area contributed by atoms with Gasteiger partial charge in [-0.3, -0.25) is 4.79 Å². The Morgan fingerprint density at radius 3 is 2.48 bits per heavy atom. The second-order valence-corrected chi connectivity index (χ2v) is 8.93. The summed E-state index contributed by atoms with van der Waals surface area (Å²) in [6.07, 6.45) is 5.05. The molecule has 2 heterocycles. The number of allylic oxidation sites excluding steroid dienone is 2. The number of hydrogen-bond acceptors (Lipinski definition) is 6. The predicted octanol–water partition coefficient (Wildman–Crippen LogP) is 1.51. The van der Waals surface area contributed by atoms with Crippen molar-refractivity contribution in [2.24, 2.45) is 29.4 Å². The molecule has 0 saturated carbocycles. The van der Waals surface area contributed by atoms with Crippen molar-refractivity contribution in [1.82, 2.24) is 0 Å². The van der Waals surface area contributed by atoms with Crippen LogP contribution in [0.2, 0.25) is 0 Å². The molecule has 0 radical (unpaired) electrons. The monoisotopic (exact) mass is 411 g/mol. The van der Waals surface area contributed by atoms with Crippen LogP contribution in [-0.4, -0.2) is 58.0 Å². The zero-order valence-electron chi connectivity index (χ0n) is 18.1. The highest BCUT2D eigenvalue weighted by Gasteiger charge is 2.51. The molecule has 2 rings (SSSR count). The van der Waals surface area contributed by atoms with Crippen LogP contribution in [0.3, 0.4) is 0 Å². The van der Waals surface area contributed by atoms with E-state index >= 15 is 0 Å². The van der Waals surface area contributed by atoms with E-state index in [4.69, 9.17) is 20.3 Å². The van der Waals surface area contributed by atoms with E-state index in [1.165, 1.54) is 6.08 Å². The van der Waals surface area contributed by atoms with Crippen molar-refractivity contribution in [2.75, 3.05) is 6.61 Å². The summed E-state index contributed by atoms with van der Waals surface area (Å²) in [5.41, 5.74) is 5.25. The van der Waals surface area contributed by atoms with E-state index in [2.05, 4.69) is 6.92 Å². The maximum absolute atomic E-state index is 11.1. The molecular weight excluding hydrogens is 374 g/mol. The number of nitrogens with two attached hydrogens (primary N) is 1. The van der Waals surface area contributed by atoms with Crippen LogP contribution in [0.4, 0.5) is 0 Å². The molecule has 1 amide bonds. The molecule has 29 heavy (non-hydrogen) atoms. The average Bonchev–Trinajstić information content (AvgIpc) is 3.02. The molecule has 0 spiro atoms. The van der Waals surface area contributed by atoms with Crippen LogP contribution >= 0.6 is 0 Å². The number of aliphatic hydroxyl groups is 3. The molecule has 9 atom stereocenters. The first-order valence-corrected chi connectivity index (χ1v) is 10.5. The van der Waals surface area contributed by atoms with E-state index in [1.807, 2.05) is 27.7 Å². The Morgan fingerprint density at radius 2 is 1.90 bits per heavy atom. The zero-order chi connectivity index (χ0) is 21.9. The fraction of sp³-hybridized carbons (Fsp3) is 0.773. The summed E-state index contributed by atoms with van der Waals surface area (Å²) in [6, 6.07) is 0. The fourth-order valence-corrected chi connectivity index (χ4v) is 4.52. The van der Waals surface area contributed by atoms with Gasteiger partial charge >= 0.3 is 0 Å². The third-order valence-electron chi connectivity index (χ3n) is 6.65. The van der Waals surface area contributed by atoms with Gasteiger partial charge in [-0.05, 0) is 13.3 Å². The second-order valence-electron chi connectivity index (χ2n) is 8.93. The summed E-state index contributed by atoms with van der Waals surface area (Å²) in [7, 11) is 0. The number of rotatable bonds is 9. The Bertz CT molecular complexity index is 635. The molecule has 7 heteroatoms. The zero-order valence-corrected chi connectivity index (χ0v) is 18.1. The molecular formula is C22H37NO6. The van der Waals surface area contributed by atoms with E-state index in [9.17, 15) is 15.0 Å². The summed E-state index contributed by atoms with van der Waals surface area (Å²) in [4.78, 5) is 11.1. The highest BCUT2D eigenvalue weighted by Crippen LogP contribution is 2.45. The molecule has 0 aliphatic carbocycles. The van der Waals surface area contributed by atoms with Crippen molar-refractivity contribution in [1.29, 1.82) is 0 Å². The first kappa shape index (κ1) is 24.0. The number of aliphatic hydroxyl groups excluding tert-OH is 3. The van der Waals surface area contributed by atoms with Gasteiger partial charge in [0, 0.05) is 35.7 Å². The van der Waals surface area contributed by atoms with E-state index < -0.39 is 30.5 Å². The molecule has 5 N–H and O–H groups in total. The Kier molecular flexibility index (Phi) is 8.04. The molecule has 2 saturated heterocycles. The molecule has 2 fully saturated rings. The minimum atomic E-state index is -0.786. The third kappa shape index (κ3) is 5.47. The summed E-state index contributed by atoms with van der Waals surface area (Å²) in [5, 5.41) is 30.8. The molecule has 9 unspecified atom stereocenters. The van der Waals surface area contributed by atoms with Crippen molar-refractivity contribution in [2.45, 2.75) is 77.7 Å². The van der Waals surface area contributed by atoms with Crippen LogP contribution in [0.25, 0.3) is 0 Å². The van der Waals surface area contributed by atoms with Crippen LogP contribution in [0.5, 0.6) is 0 Å². The van der Waals surface area contributed by atoms with E-state index in [1.54, 1.807) is 12.2 Å². The molecule has 0 aromatic heterocycles. The second kappa shape index (κ2) is 9.71. The van der Waals surface area contributed by atoms with Gasteiger partial charge in [0.1, 0.15) is 0 Å². The molecule has 2 aliphatic heterocycles. The lowest BCUT2D eigenvalue weighted by molar-refractivity contribution is -0.309. The van der Waals surface area contributed by atoms with Gasteiger partial charge in [-0.2, -0.15) is 0 Å². The van der Waals surface area contributed by atoms with Crippen molar-refractivity contribution < 1.29 is 29.6 Å². The minimum absolute atomic E-state index is 0.0958. The Hall–Kier alpha value is -1.25. The molecule has 2 aliphatic rings. The smallest absolute Gasteiger partial charge is 0.246 e. The summed E-state index contributed by atoms with van der Waals surface area (Å²) in [5.74, 6) is -1.90. The van der Waals surface area contributed by atoms with Gasteiger partial charge in [0.2, 0.25) is 5.91 Å². The SMILES string of the molecule is CC(C=CC=C(CO)C(N)=O)C(O)C(C)C(O)C(C)C1OC2(C)CCC(O2)C1C. The number of carbonyl (C=O) groups excluding carboxylic acids is 1. The number of hydrogen-bond donors (Lipinski definition) is 4. The lowest BCUT2D eigenvalue weighted by Gasteiger charge is -2.45. The maximum atomic E-state index is 11.1. The lowest BCUT2D eigenvalue weighted by atomic mass is 9.78. The molecule has 166 valence electrons. The summed E-state index contributed by atoms with van der Waals surface area (Å²) >= 11 is 0. The number of fused-ring (bicyclic) bond motifs is 2. The molecule has 7 nitrogen and oxygen atoms in total. The Balaban J connectivity index is 2.00. The van der Waals surface area contributed by atoms with E-state index in [-0.39, 0.29) is 41.5 Å². The van der Waals surface area contributed by atoms with Crippen molar-refractivity contribution in [3.63, 3.8) is 0 Å². The first-order chi connectivity index (χ1) is 13.5. The number of amides is 1. The number of primary amides is 1. The van der Waals surface area contributed by atoms with Crippen LogP contribution in [-0.2, 0) is 14.3 Å².